The first-order valence-corrected chi connectivity index (χ1v) is 5.28. The summed E-state index contributed by atoms with van der Waals surface area (Å²) in [6.07, 6.45) is 3.45. The number of carboxylic acid groups (broad SMARTS) is 1. The van der Waals surface area contributed by atoms with Crippen LogP contribution in [0.25, 0.3) is 0 Å². The largest absolute Gasteiger partial charge is 0.465 e. The van der Waals surface area contributed by atoms with Gasteiger partial charge in [0.25, 0.3) is 0 Å². The average molecular weight is 199 g/mol. The lowest BCUT2D eigenvalue weighted by molar-refractivity contribution is -0.0231. The smallest absolute Gasteiger partial charge is 0.407 e. The summed E-state index contributed by atoms with van der Waals surface area (Å²) < 4.78 is 5.33. The van der Waals surface area contributed by atoms with E-state index < -0.39 is 6.09 Å². The highest BCUT2D eigenvalue weighted by atomic mass is 16.5. The van der Waals surface area contributed by atoms with Gasteiger partial charge in [0.2, 0.25) is 0 Å². The Morgan fingerprint density at radius 3 is 2.64 bits per heavy atom. The SMILES string of the molecule is O=C(O)N1CCCC2(CCOCC2)C1. The van der Waals surface area contributed by atoms with Crippen LogP contribution in [0, 0.1) is 5.41 Å². The van der Waals surface area contributed by atoms with Gasteiger partial charge in [-0.25, -0.2) is 4.79 Å². The molecule has 0 unspecified atom stereocenters. The van der Waals surface area contributed by atoms with E-state index in [1.807, 2.05) is 0 Å². The standard InChI is InChI=1S/C10H17NO3/c12-9(13)11-5-1-2-10(8-11)3-6-14-7-4-10/h1-8H2,(H,12,13). The maximum absolute atomic E-state index is 10.9. The van der Waals surface area contributed by atoms with Crippen LogP contribution in [-0.2, 0) is 4.74 Å². The van der Waals surface area contributed by atoms with Crippen molar-refractivity contribution in [3.63, 3.8) is 0 Å². The van der Waals surface area contributed by atoms with Crippen molar-refractivity contribution in [1.82, 2.24) is 4.90 Å². The number of carbonyl (C=O) groups is 1. The molecule has 0 radical (unpaired) electrons. The molecular formula is C10H17NO3. The van der Waals surface area contributed by atoms with E-state index in [0.717, 1.165) is 32.5 Å². The zero-order valence-electron chi connectivity index (χ0n) is 8.37. The van der Waals surface area contributed by atoms with Crippen LogP contribution in [0.2, 0.25) is 0 Å². The summed E-state index contributed by atoms with van der Waals surface area (Å²) in [6, 6.07) is 0. The molecule has 4 heteroatoms. The molecule has 2 aliphatic heterocycles. The third-order valence-electron chi connectivity index (χ3n) is 3.49. The molecule has 2 aliphatic rings. The zero-order chi connectivity index (χ0) is 10.0. The maximum atomic E-state index is 10.9. The fourth-order valence-electron chi connectivity index (χ4n) is 2.58. The number of rotatable bonds is 0. The Kier molecular flexibility index (Phi) is 2.63. The molecule has 1 amide bonds. The Bertz CT molecular complexity index is 218. The van der Waals surface area contributed by atoms with Gasteiger partial charge in [0.1, 0.15) is 0 Å². The number of nitrogens with zero attached hydrogens (tertiary/aromatic N) is 1. The van der Waals surface area contributed by atoms with E-state index in [0.29, 0.717) is 13.1 Å². The van der Waals surface area contributed by atoms with Crippen LogP contribution in [0.15, 0.2) is 0 Å². The van der Waals surface area contributed by atoms with Gasteiger partial charge in [-0.15, -0.1) is 0 Å². The van der Waals surface area contributed by atoms with Crippen molar-refractivity contribution in [3.8, 4) is 0 Å². The van der Waals surface area contributed by atoms with Crippen LogP contribution < -0.4 is 0 Å². The minimum Gasteiger partial charge on any atom is -0.465 e. The topological polar surface area (TPSA) is 49.8 Å². The molecule has 0 atom stereocenters. The number of ether oxygens (including phenoxy) is 1. The van der Waals surface area contributed by atoms with Gasteiger partial charge in [-0.1, -0.05) is 0 Å². The first kappa shape index (κ1) is 9.77. The van der Waals surface area contributed by atoms with Gasteiger partial charge in [-0.05, 0) is 31.1 Å². The Labute approximate surface area is 83.8 Å². The first-order chi connectivity index (χ1) is 6.72. The molecule has 80 valence electrons. The molecule has 0 aliphatic carbocycles. The van der Waals surface area contributed by atoms with Crippen molar-refractivity contribution in [2.45, 2.75) is 25.7 Å². The van der Waals surface area contributed by atoms with Crippen molar-refractivity contribution in [2.75, 3.05) is 26.3 Å². The molecule has 2 rings (SSSR count). The van der Waals surface area contributed by atoms with E-state index in [-0.39, 0.29) is 5.41 Å². The molecule has 2 fully saturated rings. The molecule has 14 heavy (non-hydrogen) atoms. The van der Waals surface area contributed by atoms with E-state index in [2.05, 4.69) is 0 Å². The van der Waals surface area contributed by atoms with Crippen LogP contribution >= 0.6 is 0 Å². The van der Waals surface area contributed by atoms with E-state index in [4.69, 9.17) is 9.84 Å². The van der Waals surface area contributed by atoms with E-state index in [1.165, 1.54) is 6.42 Å². The highest BCUT2D eigenvalue weighted by Gasteiger charge is 2.38. The first-order valence-electron chi connectivity index (χ1n) is 5.28. The summed E-state index contributed by atoms with van der Waals surface area (Å²) in [5.41, 5.74) is 0.231. The summed E-state index contributed by atoms with van der Waals surface area (Å²) in [6.45, 7) is 3.02. The van der Waals surface area contributed by atoms with Crippen molar-refractivity contribution < 1.29 is 14.6 Å². The lowest BCUT2D eigenvalue weighted by Crippen LogP contribution is -2.47. The van der Waals surface area contributed by atoms with Crippen LogP contribution in [-0.4, -0.2) is 42.4 Å². The second-order valence-corrected chi connectivity index (χ2v) is 4.42. The van der Waals surface area contributed by atoms with Gasteiger partial charge in [0, 0.05) is 26.3 Å². The molecule has 2 heterocycles. The predicted molar refractivity (Wildman–Crippen MR) is 51.3 cm³/mol. The molecule has 0 bridgehead atoms. The fourth-order valence-corrected chi connectivity index (χ4v) is 2.58. The number of likely N-dealkylation sites (tertiary alicyclic amines) is 1. The Morgan fingerprint density at radius 1 is 1.29 bits per heavy atom. The third kappa shape index (κ3) is 1.85. The van der Waals surface area contributed by atoms with Gasteiger partial charge in [-0.2, -0.15) is 0 Å². The highest BCUT2D eigenvalue weighted by molar-refractivity contribution is 5.65. The second-order valence-electron chi connectivity index (χ2n) is 4.42. The monoisotopic (exact) mass is 199 g/mol. The molecule has 1 spiro atoms. The van der Waals surface area contributed by atoms with E-state index in [1.54, 1.807) is 4.90 Å². The van der Waals surface area contributed by atoms with Gasteiger partial charge in [0.15, 0.2) is 0 Å². The lowest BCUT2D eigenvalue weighted by Gasteiger charge is -2.44. The van der Waals surface area contributed by atoms with Crippen molar-refractivity contribution in [2.24, 2.45) is 5.41 Å². The van der Waals surface area contributed by atoms with Gasteiger partial charge in [0.05, 0.1) is 0 Å². The fraction of sp³-hybridized carbons (Fsp3) is 0.900. The van der Waals surface area contributed by atoms with Gasteiger partial charge >= 0.3 is 6.09 Å². The number of amides is 1. The summed E-state index contributed by atoms with van der Waals surface area (Å²) in [5.74, 6) is 0. The summed E-state index contributed by atoms with van der Waals surface area (Å²) >= 11 is 0. The van der Waals surface area contributed by atoms with Gasteiger partial charge in [-0.3, -0.25) is 0 Å². The number of piperidine rings is 1. The van der Waals surface area contributed by atoms with Crippen LogP contribution in [0.1, 0.15) is 25.7 Å². The molecule has 0 aromatic heterocycles. The average Bonchev–Trinajstić information content (AvgIpc) is 2.19. The lowest BCUT2D eigenvalue weighted by atomic mass is 9.74. The Morgan fingerprint density at radius 2 is 2.00 bits per heavy atom. The molecule has 0 saturated carbocycles. The van der Waals surface area contributed by atoms with Crippen LogP contribution in [0.4, 0.5) is 4.79 Å². The molecule has 0 aromatic rings. The minimum absolute atomic E-state index is 0.231. The highest BCUT2D eigenvalue weighted by Crippen LogP contribution is 2.38. The normalized spacial score (nSPS) is 26.4. The molecule has 1 N–H and O–H groups in total. The Balaban J connectivity index is 2.01. The summed E-state index contributed by atoms with van der Waals surface area (Å²) in [7, 11) is 0. The Hall–Kier alpha value is -0.770. The van der Waals surface area contributed by atoms with Crippen LogP contribution in [0.3, 0.4) is 0 Å². The third-order valence-corrected chi connectivity index (χ3v) is 3.49. The molecule has 0 aromatic carbocycles. The van der Waals surface area contributed by atoms with Crippen LogP contribution in [0.5, 0.6) is 0 Å². The van der Waals surface area contributed by atoms with Crippen molar-refractivity contribution in [3.05, 3.63) is 0 Å². The minimum atomic E-state index is -0.768. The maximum Gasteiger partial charge on any atom is 0.407 e. The van der Waals surface area contributed by atoms with E-state index >= 15 is 0 Å². The molecular weight excluding hydrogens is 182 g/mol. The van der Waals surface area contributed by atoms with E-state index in [9.17, 15) is 4.79 Å². The summed E-state index contributed by atoms with van der Waals surface area (Å²) in [4.78, 5) is 12.4. The second kappa shape index (κ2) is 3.77. The van der Waals surface area contributed by atoms with Gasteiger partial charge < -0.3 is 14.7 Å². The molecule has 2 saturated heterocycles. The van der Waals surface area contributed by atoms with Crippen molar-refractivity contribution in [1.29, 1.82) is 0 Å². The summed E-state index contributed by atoms with van der Waals surface area (Å²) in [5, 5.41) is 8.95. The zero-order valence-corrected chi connectivity index (χ0v) is 8.37. The van der Waals surface area contributed by atoms with Crippen molar-refractivity contribution >= 4 is 6.09 Å². The number of hydrogen-bond donors (Lipinski definition) is 1. The number of hydrogen-bond acceptors (Lipinski definition) is 2. The quantitative estimate of drug-likeness (QED) is 0.644. The predicted octanol–water partition coefficient (Wildman–Crippen LogP) is 1.56. The molecule has 4 nitrogen and oxygen atoms in total.